The third kappa shape index (κ3) is 3.76. The van der Waals surface area contributed by atoms with Crippen LogP contribution in [0.15, 0.2) is 0 Å². The molecule has 0 aromatic heterocycles. The minimum atomic E-state index is 0.805. The fourth-order valence-corrected chi connectivity index (χ4v) is 0.348. The topological polar surface area (TPSA) is 13.7 Å². The van der Waals surface area contributed by atoms with Gasteiger partial charge < -0.3 is 0 Å². The van der Waals surface area contributed by atoms with Crippen molar-refractivity contribution < 1.29 is 9.90 Å². The molecular weight excluding hydrogens is 90.1 g/mol. The highest BCUT2D eigenvalue weighted by Crippen LogP contribution is 1.51. The molecule has 0 bridgehead atoms. The number of hydrogen-bond acceptors (Lipinski definition) is 1. The summed E-state index contributed by atoms with van der Waals surface area (Å²) >= 11 is 0. The average Bonchev–Trinajstić information content (AvgIpc) is 1.68. The molecule has 0 saturated carbocycles. The Bertz CT molecular complexity index is 39.1. The SMILES string of the molecule is CCO[NH+](C)CC. The summed E-state index contributed by atoms with van der Waals surface area (Å²) < 4.78 is 0. The first-order valence-corrected chi connectivity index (χ1v) is 2.76. The number of hydrogen-bond donors (Lipinski definition) is 1. The van der Waals surface area contributed by atoms with Crippen molar-refractivity contribution in [1.82, 2.24) is 0 Å². The molecule has 44 valence electrons. The summed E-state index contributed by atoms with van der Waals surface area (Å²) in [5.41, 5.74) is 0. The number of quaternary nitrogens is 1. The standard InChI is InChI=1S/C5H13NO/c1-4-6(3)7-5-2/h4-5H2,1-3H3/p+1. The maximum atomic E-state index is 5.11. The van der Waals surface area contributed by atoms with E-state index in [0.717, 1.165) is 18.2 Å². The molecule has 0 rings (SSSR count). The van der Waals surface area contributed by atoms with Crippen LogP contribution in [0.2, 0.25) is 0 Å². The van der Waals surface area contributed by atoms with Gasteiger partial charge in [-0.15, -0.1) is 0 Å². The van der Waals surface area contributed by atoms with Crippen LogP contribution in [-0.2, 0) is 4.84 Å². The molecule has 1 atom stereocenters. The number of rotatable bonds is 3. The maximum Gasteiger partial charge on any atom is 0.104 e. The van der Waals surface area contributed by atoms with Gasteiger partial charge in [0.05, 0.1) is 7.05 Å². The van der Waals surface area contributed by atoms with Crippen LogP contribution >= 0.6 is 0 Å². The van der Waals surface area contributed by atoms with E-state index < -0.39 is 0 Å². The second-order valence-electron chi connectivity index (χ2n) is 1.49. The monoisotopic (exact) mass is 104 g/mol. The van der Waals surface area contributed by atoms with Crippen LogP contribution in [0.4, 0.5) is 0 Å². The number of hydroxylamine groups is 2. The minimum absolute atomic E-state index is 0.805. The van der Waals surface area contributed by atoms with E-state index >= 15 is 0 Å². The molecule has 0 aliphatic heterocycles. The van der Waals surface area contributed by atoms with E-state index in [2.05, 4.69) is 6.92 Å². The quantitative estimate of drug-likeness (QED) is 0.475. The van der Waals surface area contributed by atoms with Crippen LogP contribution in [0.25, 0.3) is 0 Å². The van der Waals surface area contributed by atoms with Crippen LogP contribution in [0.3, 0.4) is 0 Å². The summed E-state index contributed by atoms with van der Waals surface area (Å²) in [5, 5.41) is 1.13. The van der Waals surface area contributed by atoms with Gasteiger partial charge in [0.2, 0.25) is 0 Å². The zero-order chi connectivity index (χ0) is 5.70. The van der Waals surface area contributed by atoms with Crippen molar-refractivity contribution in [3.63, 3.8) is 0 Å². The zero-order valence-electron chi connectivity index (χ0n) is 5.32. The molecule has 0 amide bonds. The second-order valence-corrected chi connectivity index (χ2v) is 1.49. The number of nitrogens with one attached hydrogen (secondary N) is 1. The van der Waals surface area contributed by atoms with E-state index in [9.17, 15) is 0 Å². The largest absolute Gasteiger partial charge is 0.205 e. The van der Waals surface area contributed by atoms with Gasteiger partial charge in [0, 0.05) is 0 Å². The molecule has 2 nitrogen and oxygen atoms in total. The molecule has 2 heteroatoms. The Labute approximate surface area is 45.0 Å². The first-order chi connectivity index (χ1) is 3.31. The third-order valence-electron chi connectivity index (χ3n) is 0.889. The van der Waals surface area contributed by atoms with Gasteiger partial charge in [0.15, 0.2) is 0 Å². The smallest absolute Gasteiger partial charge is 0.104 e. The first kappa shape index (κ1) is 6.92. The van der Waals surface area contributed by atoms with Gasteiger partial charge in [-0.3, -0.25) is 0 Å². The van der Waals surface area contributed by atoms with Crippen molar-refractivity contribution in [3.8, 4) is 0 Å². The van der Waals surface area contributed by atoms with Crippen LogP contribution in [-0.4, -0.2) is 20.2 Å². The lowest BCUT2D eigenvalue weighted by atomic mass is 10.8. The van der Waals surface area contributed by atoms with E-state index in [-0.39, 0.29) is 0 Å². The highest BCUT2D eigenvalue weighted by Gasteiger charge is 1.90. The van der Waals surface area contributed by atoms with Gasteiger partial charge in [-0.25, -0.2) is 4.84 Å². The molecule has 0 radical (unpaired) electrons. The molecule has 1 unspecified atom stereocenters. The van der Waals surface area contributed by atoms with E-state index in [1.54, 1.807) is 0 Å². The van der Waals surface area contributed by atoms with Gasteiger partial charge in [0.1, 0.15) is 13.2 Å². The Hall–Kier alpha value is -0.0800. The molecule has 0 spiro atoms. The molecule has 7 heavy (non-hydrogen) atoms. The average molecular weight is 104 g/mol. The van der Waals surface area contributed by atoms with Gasteiger partial charge in [-0.05, 0) is 13.8 Å². The Balaban J connectivity index is 2.83. The second kappa shape index (κ2) is 4.09. The lowest BCUT2D eigenvalue weighted by Gasteiger charge is -2.05. The van der Waals surface area contributed by atoms with Crippen molar-refractivity contribution in [2.75, 3.05) is 20.2 Å². The predicted octanol–water partition coefficient (Wildman–Crippen LogP) is -0.527. The highest BCUT2D eigenvalue weighted by molar-refractivity contribution is 3.95. The van der Waals surface area contributed by atoms with Crippen molar-refractivity contribution in [2.45, 2.75) is 13.8 Å². The van der Waals surface area contributed by atoms with Gasteiger partial charge in [0.25, 0.3) is 0 Å². The third-order valence-corrected chi connectivity index (χ3v) is 0.889. The normalized spacial score (nSPS) is 14.1. The Morgan fingerprint density at radius 2 is 2.00 bits per heavy atom. The molecule has 0 aliphatic carbocycles. The molecule has 0 fully saturated rings. The fourth-order valence-electron chi connectivity index (χ4n) is 0.348. The Morgan fingerprint density at radius 3 is 2.14 bits per heavy atom. The van der Waals surface area contributed by atoms with Gasteiger partial charge >= 0.3 is 0 Å². The maximum absolute atomic E-state index is 5.11. The summed E-state index contributed by atoms with van der Waals surface area (Å²) in [6, 6.07) is 0. The predicted molar refractivity (Wildman–Crippen MR) is 29.1 cm³/mol. The lowest BCUT2D eigenvalue weighted by molar-refractivity contribution is -1.07. The van der Waals surface area contributed by atoms with Crippen molar-refractivity contribution in [3.05, 3.63) is 0 Å². The van der Waals surface area contributed by atoms with Gasteiger partial charge in [-0.1, -0.05) is 0 Å². The summed E-state index contributed by atoms with van der Waals surface area (Å²) in [4.78, 5) is 5.11. The fraction of sp³-hybridized carbons (Fsp3) is 1.00. The van der Waals surface area contributed by atoms with Crippen LogP contribution in [0, 0.1) is 0 Å². The van der Waals surface area contributed by atoms with Gasteiger partial charge in [-0.2, -0.15) is 5.06 Å². The molecule has 0 aromatic carbocycles. The molecule has 0 saturated heterocycles. The van der Waals surface area contributed by atoms with Crippen molar-refractivity contribution in [2.24, 2.45) is 0 Å². The van der Waals surface area contributed by atoms with E-state index in [1.807, 2.05) is 14.0 Å². The van der Waals surface area contributed by atoms with Crippen molar-refractivity contribution in [1.29, 1.82) is 0 Å². The Kier molecular flexibility index (Phi) is 4.04. The van der Waals surface area contributed by atoms with E-state index in [0.29, 0.717) is 0 Å². The van der Waals surface area contributed by atoms with Crippen molar-refractivity contribution >= 4 is 0 Å². The molecule has 0 heterocycles. The van der Waals surface area contributed by atoms with Crippen LogP contribution in [0.1, 0.15) is 13.8 Å². The summed E-state index contributed by atoms with van der Waals surface area (Å²) in [6.07, 6.45) is 0. The molecule has 0 aromatic rings. The highest BCUT2D eigenvalue weighted by atomic mass is 16.7. The molecule has 1 N–H and O–H groups in total. The first-order valence-electron chi connectivity index (χ1n) is 2.76. The zero-order valence-corrected chi connectivity index (χ0v) is 5.32. The Morgan fingerprint density at radius 1 is 1.43 bits per heavy atom. The lowest BCUT2D eigenvalue weighted by Crippen LogP contribution is -3.07. The van der Waals surface area contributed by atoms with E-state index in [4.69, 9.17) is 4.84 Å². The summed E-state index contributed by atoms with van der Waals surface area (Å²) in [5.74, 6) is 0. The van der Waals surface area contributed by atoms with Crippen LogP contribution < -0.4 is 5.06 Å². The molecule has 0 aliphatic rings. The van der Waals surface area contributed by atoms with E-state index in [1.165, 1.54) is 0 Å². The summed E-state index contributed by atoms with van der Waals surface area (Å²) in [7, 11) is 2.00. The minimum Gasteiger partial charge on any atom is -0.205 e. The summed E-state index contributed by atoms with van der Waals surface area (Å²) in [6.45, 7) is 5.93. The molecular formula is C5H14NO+. The van der Waals surface area contributed by atoms with Crippen LogP contribution in [0.5, 0.6) is 0 Å².